The highest BCUT2D eigenvalue weighted by molar-refractivity contribution is 7.90. The van der Waals surface area contributed by atoms with Crippen LogP contribution in [0.3, 0.4) is 0 Å². The predicted octanol–water partition coefficient (Wildman–Crippen LogP) is 2.59. The van der Waals surface area contributed by atoms with Crippen LogP contribution in [-0.4, -0.2) is 21.1 Å². The summed E-state index contributed by atoms with van der Waals surface area (Å²) >= 11 is 0. The summed E-state index contributed by atoms with van der Waals surface area (Å²) in [5, 5.41) is 0. The highest BCUT2D eigenvalue weighted by Gasteiger charge is 2.22. The molecule has 0 saturated heterocycles. The van der Waals surface area contributed by atoms with Gasteiger partial charge in [0, 0.05) is 6.42 Å². The number of rotatable bonds is 3. The molecule has 1 amide bonds. The van der Waals surface area contributed by atoms with Crippen LogP contribution in [0.4, 0.5) is 4.79 Å². The number of nitrogens with one attached hydrogen (secondary N) is 1. The van der Waals surface area contributed by atoms with Crippen molar-refractivity contribution in [2.45, 2.75) is 30.6 Å². The van der Waals surface area contributed by atoms with Crippen molar-refractivity contribution in [2.24, 2.45) is 0 Å². The number of carbonyl (C=O) groups excluding carboxylic acids is 1. The molecular weight excluding hydrogens is 342 g/mol. The molecule has 7 heteroatoms. The first-order valence-corrected chi connectivity index (χ1v) is 9.62. The number of sulfonamides is 1. The third-order valence-electron chi connectivity index (χ3n) is 4.47. The number of fused-ring (bicyclic) bond motifs is 2. The van der Waals surface area contributed by atoms with E-state index in [4.69, 9.17) is 9.47 Å². The topological polar surface area (TPSA) is 81.7 Å². The number of ether oxygens (including phenoxy) is 2. The van der Waals surface area contributed by atoms with E-state index in [-0.39, 0.29) is 4.90 Å². The maximum atomic E-state index is 12.4. The van der Waals surface area contributed by atoms with E-state index < -0.39 is 16.1 Å². The van der Waals surface area contributed by atoms with Crippen molar-refractivity contribution in [3.8, 4) is 11.5 Å². The second-order valence-electron chi connectivity index (χ2n) is 6.15. The van der Waals surface area contributed by atoms with Crippen molar-refractivity contribution >= 4 is 16.1 Å². The first-order valence-electron chi connectivity index (χ1n) is 8.13. The smallest absolute Gasteiger partial charge is 0.426 e. The SMILES string of the molecule is O=C(NS(=O)(=O)c1ccc2c(c1)CCO2)Oc1ccc2c(c1)CCC2. The number of amides is 1. The average Bonchev–Trinajstić information content (AvgIpc) is 3.21. The van der Waals surface area contributed by atoms with Gasteiger partial charge in [0.25, 0.3) is 10.0 Å². The minimum atomic E-state index is -3.99. The Labute approximate surface area is 145 Å². The van der Waals surface area contributed by atoms with Crippen LogP contribution in [0.1, 0.15) is 23.1 Å². The summed E-state index contributed by atoms with van der Waals surface area (Å²) in [6.07, 6.45) is 2.69. The predicted molar refractivity (Wildman–Crippen MR) is 90.5 cm³/mol. The van der Waals surface area contributed by atoms with Crippen molar-refractivity contribution in [1.82, 2.24) is 4.72 Å². The van der Waals surface area contributed by atoms with Gasteiger partial charge in [0.05, 0.1) is 11.5 Å². The number of hydrogen-bond donors (Lipinski definition) is 1. The molecule has 2 aromatic rings. The lowest BCUT2D eigenvalue weighted by molar-refractivity contribution is 0.207. The highest BCUT2D eigenvalue weighted by atomic mass is 32.2. The molecule has 0 aromatic heterocycles. The van der Waals surface area contributed by atoms with Crippen molar-refractivity contribution in [2.75, 3.05) is 6.61 Å². The van der Waals surface area contributed by atoms with Crippen LogP contribution in [0.25, 0.3) is 0 Å². The van der Waals surface area contributed by atoms with Gasteiger partial charge in [-0.25, -0.2) is 17.9 Å². The maximum absolute atomic E-state index is 12.4. The van der Waals surface area contributed by atoms with Gasteiger partial charge < -0.3 is 9.47 Å². The van der Waals surface area contributed by atoms with Crippen LogP contribution >= 0.6 is 0 Å². The standard InChI is InChI=1S/C18H17NO5S/c20-18(24-15-5-4-12-2-1-3-13(12)10-15)19-25(21,22)16-6-7-17-14(11-16)8-9-23-17/h4-7,10-11H,1-3,8-9H2,(H,19,20). The molecule has 0 spiro atoms. The number of carbonyl (C=O) groups is 1. The van der Waals surface area contributed by atoms with E-state index in [0.29, 0.717) is 24.5 Å². The van der Waals surface area contributed by atoms with Gasteiger partial charge in [-0.2, -0.15) is 0 Å². The fourth-order valence-corrected chi connectivity index (χ4v) is 4.16. The van der Waals surface area contributed by atoms with Crippen LogP contribution in [0.15, 0.2) is 41.3 Å². The lowest BCUT2D eigenvalue weighted by atomic mass is 10.1. The first kappa shape index (κ1) is 16.0. The third-order valence-corrected chi connectivity index (χ3v) is 5.78. The first-order chi connectivity index (χ1) is 12.0. The Kier molecular flexibility index (Phi) is 3.88. The Morgan fingerprint density at radius 3 is 2.72 bits per heavy atom. The summed E-state index contributed by atoms with van der Waals surface area (Å²) in [6, 6.07) is 9.93. The Morgan fingerprint density at radius 2 is 1.84 bits per heavy atom. The Balaban J connectivity index is 1.48. The molecule has 0 saturated carbocycles. The van der Waals surface area contributed by atoms with Gasteiger partial charge in [0.1, 0.15) is 11.5 Å². The van der Waals surface area contributed by atoms with Gasteiger partial charge in [0.2, 0.25) is 0 Å². The van der Waals surface area contributed by atoms with Gasteiger partial charge in [-0.15, -0.1) is 0 Å². The van der Waals surface area contributed by atoms with Gasteiger partial charge in [-0.05, 0) is 66.3 Å². The van der Waals surface area contributed by atoms with Crippen LogP contribution in [0.5, 0.6) is 11.5 Å². The lowest BCUT2D eigenvalue weighted by Crippen LogP contribution is -2.33. The minimum Gasteiger partial charge on any atom is -0.493 e. The molecule has 0 radical (unpaired) electrons. The number of hydrogen-bond acceptors (Lipinski definition) is 5. The summed E-state index contributed by atoms with van der Waals surface area (Å²) in [7, 11) is -3.99. The van der Waals surface area contributed by atoms with E-state index >= 15 is 0 Å². The van der Waals surface area contributed by atoms with E-state index in [1.54, 1.807) is 18.2 Å². The molecule has 4 rings (SSSR count). The molecule has 0 fully saturated rings. The molecule has 1 N–H and O–H groups in total. The zero-order valence-corrected chi connectivity index (χ0v) is 14.3. The number of aryl methyl sites for hydroxylation is 2. The molecule has 2 aromatic carbocycles. The van der Waals surface area contributed by atoms with Gasteiger partial charge >= 0.3 is 6.09 Å². The zero-order valence-electron chi connectivity index (χ0n) is 13.4. The summed E-state index contributed by atoms with van der Waals surface area (Å²) in [4.78, 5) is 12.0. The molecule has 2 aliphatic rings. The second-order valence-corrected chi connectivity index (χ2v) is 7.83. The minimum absolute atomic E-state index is 0.0163. The normalized spacial score (nSPS) is 15.2. The molecule has 1 aliphatic heterocycles. The monoisotopic (exact) mass is 359 g/mol. The summed E-state index contributed by atoms with van der Waals surface area (Å²) in [6.45, 7) is 0.534. The van der Waals surface area contributed by atoms with Crippen LogP contribution in [0, 0.1) is 0 Å². The number of benzene rings is 2. The lowest BCUT2D eigenvalue weighted by Gasteiger charge is -2.09. The molecule has 25 heavy (non-hydrogen) atoms. The van der Waals surface area contributed by atoms with Crippen molar-refractivity contribution < 1.29 is 22.7 Å². The Hall–Kier alpha value is -2.54. The van der Waals surface area contributed by atoms with Gasteiger partial charge in [-0.3, -0.25) is 0 Å². The third kappa shape index (κ3) is 3.19. The Morgan fingerprint density at radius 1 is 1.00 bits per heavy atom. The molecule has 0 unspecified atom stereocenters. The maximum Gasteiger partial charge on any atom is 0.426 e. The van der Waals surface area contributed by atoms with Crippen LogP contribution in [-0.2, 0) is 29.3 Å². The molecule has 1 heterocycles. The van der Waals surface area contributed by atoms with E-state index in [1.807, 2.05) is 10.8 Å². The fraction of sp³-hybridized carbons (Fsp3) is 0.278. The molecular formula is C18H17NO5S. The quantitative estimate of drug-likeness (QED) is 0.911. The van der Waals surface area contributed by atoms with Crippen molar-refractivity contribution in [3.05, 3.63) is 53.1 Å². The average molecular weight is 359 g/mol. The van der Waals surface area contributed by atoms with E-state index in [9.17, 15) is 13.2 Å². The summed E-state index contributed by atoms with van der Waals surface area (Å²) < 4.78 is 37.2. The fourth-order valence-electron chi connectivity index (χ4n) is 3.24. The molecule has 6 nitrogen and oxygen atoms in total. The van der Waals surface area contributed by atoms with Crippen LogP contribution < -0.4 is 14.2 Å². The van der Waals surface area contributed by atoms with E-state index in [2.05, 4.69) is 0 Å². The van der Waals surface area contributed by atoms with E-state index in [1.165, 1.54) is 17.7 Å². The largest absolute Gasteiger partial charge is 0.493 e. The Bertz CT molecular complexity index is 952. The zero-order chi connectivity index (χ0) is 17.4. The molecule has 0 bridgehead atoms. The van der Waals surface area contributed by atoms with Gasteiger partial charge in [-0.1, -0.05) is 6.07 Å². The van der Waals surface area contributed by atoms with Crippen molar-refractivity contribution in [3.63, 3.8) is 0 Å². The summed E-state index contributed by atoms with van der Waals surface area (Å²) in [5.74, 6) is 1.02. The summed E-state index contributed by atoms with van der Waals surface area (Å²) in [5.41, 5.74) is 3.21. The van der Waals surface area contributed by atoms with Gasteiger partial charge in [0.15, 0.2) is 0 Å². The van der Waals surface area contributed by atoms with Crippen molar-refractivity contribution in [1.29, 1.82) is 0 Å². The second kappa shape index (κ2) is 6.07. The molecule has 1 aliphatic carbocycles. The highest BCUT2D eigenvalue weighted by Crippen LogP contribution is 2.28. The van der Waals surface area contributed by atoms with E-state index in [0.717, 1.165) is 30.4 Å². The van der Waals surface area contributed by atoms with Crippen LogP contribution in [0.2, 0.25) is 0 Å². The molecule has 130 valence electrons. The molecule has 0 atom stereocenters.